The Morgan fingerprint density at radius 2 is 1.95 bits per heavy atom. The molecule has 1 aliphatic rings. The average Bonchev–Trinajstić information content (AvgIpc) is 2.70. The summed E-state index contributed by atoms with van der Waals surface area (Å²) in [6, 6.07) is 0. The maximum absolute atomic E-state index is 12.4. The number of piperazine rings is 1. The summed E-state index contributed by atoms with van der Waals surface area (Å²) in [6.07, 6.45) is 0.817. The Hall–Kier alpha value is -0.960. The van der Waals surface area contributed by atoms with Crippen molar-refractivity contribution in [2.45, 2.75) is 25.2 Å². The Bertz CT molecular complexity index is 576. The molecular weight excluding hydrogens is 290 g/mol. The number of hydrogen-bond acceptors (Lipinski definition) is 5. The number of hydrogen-bond donors (Lipinski definition) is 2. The first-order valence-corrected chi connectivity index (χ1v) is 8.83. The first-order chi connectivity index (χ1) is 9.92. The van der Waals surface area contributed by atoms with Crippen molar-refractivity contribution in [1.82, 2.24) is 24.7 Å². The molecule has 0 aliphatic carbocycles. The van der Waals surface area contributed by atoms with Crippen LogP contribution in [0.5, 0.6) is 0 Å². The van der Waals surface area contributed by atoms with Crippen LogP contribution in [0.3, 0.4) is 0 Å². The summed E-state index contributed by atoms with van der Waals surface area (Å²) < 4.78 is 29.0. The largest absolute Gasteiger partial charge is 0.314 e. The van der Waals surface area contributed by atoms with Gasteiger partial charge in [-0.2, -0.15) is 5.10 Å². The number of rotatable bonds is 6. The van der Waals surface area contributed by atoms with E-state index in [9.17, 15) is 8.42 Å². The Balaban J connectivity index is 1.86. The Kier molecular flexibility index (Phi) is 5.37. The van der Waals surface area contributed by atoms with Crippen LogP contribution in [0.1, 0.15) is 17.8 Å². The molecule has 1 aromatic heterocycles. The monoisotopic (exact) mass is 315 g/mol. The van der Waals surface area contributed by atoms with E-state index in [1.807, 2.05) is 0 Å². The summed E-state index contributed by atoms with van der Waals surface area (Å²) in [5, 5.41) is 7.46. The van der Waals surface area contributed by atoms with Gasteiger partial charge in [0, 0.05) is 39.8 Å². The van der Waals surface area contributed by atoms with Crippen LogP contribution < -0.4 is 10.0 Å². The van der Waals surface area contributed by atoms with Gasteiger partial charge in [-0.25, -0.2) is 13.1 Å². The molecule has 7 nitrogen and oxygen atoms in total. The van der Waals surface area contributed by atoms with Crippen molar-refractivity contribution >= 4 is 10.0 Å². The Morgan fingerprint density at radius 1 is 1.29 bits per heavy atom. The zero-order valence-corrected chi connectivity index (χ0v) is 13.8. The van der Waals surface area contributed by atoms with Crippen LogP contribution in [0.4, 0.5) is 0 Å². The zero-order valence-electron chi connectivity index (χ0n) is 13.0. The van der Waals surface area contributed by atoms with Gasteiger partial charge in [-0.1, -0.05) is 0 Å². The first-order valence-electron chi connectivity index (χ1n) is 7.35. The lowest BCUT2D eigenvalue weighted by Crippen LogP contribution is -2.44. The number of sulfonamides is 1. The van der Waals surface area contributed by atoms with E-state index in [4.69, 9.17) is 0 Å². The molecule has 0 atom stereocenters. The van der Waals surface area contributed by atoms with Crippen molar-refractivity contribution < 1.29 is 8.42 Å². The van der Waals surface area contributed by atoms with E-state index < -0.39 is 10.0 Å². The molecule has 0 spiro atoms. The van der Waals surface area contributed by atoms with Gasteiger partial charge in [-0.05, 0) is 26.8 Å². The van der Waals surface area contributed by atoms with E-state index >= 15 is 0 Å². The normalized spacial score (nSPS) is 17.3. The molecule has 2 rings (SSSR count). The third-order valence-electron chi connectivity index (χ3n) is 3.86. The minimum Gasteiger partial charge on any atom is -0.314 e. The van der Waals surface area contributed by atoms with Crippen molar-refractivity contribution in [2.75, 3.05) is 39.3 Å². The van der Waals surface area contributed by atoms with Crippen molar-refractivity contribution in [2.24, 2.45) is 7.05 Å². The van der Waals surface area contributed by atoms with Gasteiger partial charge in [0.1, 0.15) is 4.90 Å². The maximum Gasteiger partial charge on any atom is 0.244 e. The fourth-order valence-corrected chi connectivity index (χ4v) is 4.17. The molecule has 0 amide bonds. The van der Waals surface area contributed by atoms with Crippen LogP contribution in [0.2, 0.25) is 0 Å². The molecule has 2 heterocycles. The van der Waals surface area contributed by atoms with Crippen LogP contribution >= 0.6 is 0 Å². The molecule has 8 heteroatoms. The van der Waals surface area contributed by atoms with Crippen LogP contribution in [0.15, 0.2) is 4.90 Å². The molecule has 1 fully saturated rings. The molecule has 0 saturated carbocycles. The summed E-state index contributed by atoms with van der Waals surface area (Å²) in [5.41, 5.74) is 1.21. The van der Waals surface area contributed by atoms with Gasteiger partial charge in [-0.3, -0.25) is 4.68 Å². The lowest BCUT2D eigenvalue weighted by molar-refractivity contribution is 0.239. The molecule has 2 N–H and O–H groups in total. The molecule has 0 aromatic carbocycles. The number of nitrogens with zero attached hydrogens (tertiary/aromatic N) is 3. The van der Waals surface area contributed by atoms with E-state index in [0.717, 1.165) is 39.1 Å². The zero-order chi connectivity index (χ0) is 15.5. The van der Waals surface area contributed by atoms with Gasteiger partial charge in [0.05, 0.1) is 11.4 Å². The molecule has 1 aromatic rings. The fourth-order valence-electron chi connectivity index (χ4n) is 2.66. The van der Waals surface area contributed by atoms with Crippen molar-refractivity contribution in [3.05, 3.63) is 11.4 Å². The van der Waals surface area contributed by atoms with E-state index in [0.29, 0.717) is 22.8 Å². The van der Waals surface area contributed by atoms with E-state index in [1.165, 1.54) is 0 Å². The van der Waals surface area contributed by atoms with Crippen LogP contribution in [-0.2, 0) is 17.1 Å². The second-order valence-electron chi connectivity index (χ2n) is 5.47. The number of aryl methyl sites for hydroxylation is 2. The Morgan fingerprint density at radius 3 is 2.52 bits per heavy atom. The second-order valence-corrected chi connectivity index (χ2v) is 7.17. The SMILES string of the molecule is Cc1nn(C)c(C)c1S(=O)(=O)NCCCN1CCNCC1. The molecule has 0 radical (unpaired) electrons. The first kappa shape index (κ1) is 16.4. The van der Waals surface area contributed by atoms with E-state index in [1.54, 1.807) is 25.6 Å². The lowest BCUT2D eigenvalue weighted by atomic mass is 10.3. The third-order valence-corrected chi connectivity index (χ3v) is 5.58. The molecule has 0 unspecified atom stereocenters. The van der Waals surface area contributed by atoms with Gasteiger partial charge in [0.15, 0.2) is 0 Å². The molecule has 21 heavy (non-hydrogen) atoms. The summed E-state index contributed by atoms with van der Waals surface area (Å²) in [5.74, 6) is 0. The topological polar surface area (TPSA) is 79.3 Å². The fraction of sp³-hybridized carbons (Fsp3) is 0.769. The van der Waals surface area contributed by atoms with Crippen LogP contribution in [0.25, 0.3) is 0 Å². The van der Waals surface area contributed by atoms with Gasteiger partial charge < -0.3 is 10.2 Å². The predicted molar refractivity (Wildman–Crippen MR) is 81.8 cm³/mol. The summed E-state index contributed by atoms with van der Waals surface area (Å²) >= 11 is 0. The number of nitrogens with one attached hydrogen (secondary N) is 2. The quantitative estimate of drug-likeness (QED) is 0.699. The minimum absolute atomic E-state index is 0.312. The summed E-state index contributed by atoms with van der Waals surface area (Å²) in [6.45, 7) is 8.98. The van der Waals surface area contributed by atoms with Crippen LogP contribution in [0, 0.1) is 13.8 Å². The average molecular weight is 315 g/mol. The highest BCUT2D eigenvalue weighted by atomic mass is 32.2. The molecule has 1 saturated heterocycles. The second kappa shape index (κ2) is 6.87. The molecular formula is C13H25N5O2S. The smallest absolute Gasteiger partial charge is 0.244 e. The third kappa shape index (κ3) is 4.03. The maximum atomic E-state index is 12.4. The summed E-state index contributed by atoms with van der Waals surface area (Å²) in [7, 11) is -1.71. The highest BCUT2D eigenvalue weighted by Gasteiger charge is 2.23. The van der Waals surface area contributed by atoms with Crippen molar-refractivity contribution in [3.8, 4) is 0 Å². The van der Waals surface area contributed by atoms with Crippen LogP contribution in [-0.4, -0.2) is 62.4 Å². The number of aromatic nitrogens is 2. The summed E-state index contributed by atoms with van der Waals surface area (Å²) in [4.78, 5) is 2.66. The highest BCUT2D eigenvalue weighted by Crippen LogP contribution is 2.18. The predicted octanol–water partition coefficient (Wildman–Crippen LogP) is -0.389. The van der Waals surface area contributed by atoms with Crippen molar-refractivity contribution in [1.29, 1.82) is 0 Å². The van der Waals surface area contributed by atoms with Gasteiger partial charge in [-0.15, -0.1) is 0 Å². The standard InChI is InChI=1S/C13H25N5O2S/c1-11-13(12(2)17(3)16-11)21(19,20)15-5-4-8-18-9-6-14-7-10-18/h14-15H,4-10H2,1-3H3. The van der Waals surface area contributed by atoms with Gasteiger partial charge in [0.25, 0.3) is 0 Å². The lowest BCUT2D eigenvalue weighted by Gasteiger charge is -2.27. The molecule has 0 bridgehead atoms. The Labute approximate surface area is 126 Å². The molecule has 1 aliphatic heterocycles. The van der Waals surface area contributed by atoms with E-state index in [-0.39, 0.29) is 0 Å². The minimum atomic E-state index is -3.47. The van der Waals surface area contributed by atoms with Gasteiger partial charge in [0.2, 0.25) is 10.0 Å². The molecule has 120 valence electrons. The van der Waals surface area contributed by atoms with E-state index in [2.05, 4.69) is 20.0 Å². The highest BCUT2D eigenvalue weighted by molar-refractivity contribution is 7.89. The van der Waals surface area contributed by atoms with Crippen molar-refractivity contribution in [3.63, 3.8) is 0 Å². The van der Waals surface area contributed by atoms with Gasteiger partial charge >= 0.3 is 0 Å².